The second-order valence-electron chi connectivity index (χ2n) is 6.01. The maximum atomic E-state index is 9.20. The largest absolute Gasteiger partial charge is 0.411 e. The van der Waals surface area contributed by atoms with Crippen molar-refractivity contribution in [3.63, 3.8) is 0 Å². The number of nitrogens with zero attached hydrogens (tertiary/aromatic N) is 1. The van der Waals surface area contributed by atoms with Gasteiger partial charge in [-0.15, -0.1) is 0 Å². The van der Waals surface area contributed by atoms with Crippen molar-refractivity contribution in [1.29, 1.82) is 0 Å². The van der Waals surface area contributed by atoms with Gasteiger partial charge < -0.3 is 5.21 Å². The van der Waals surface area contributed by atoms with Gasteiger partial charge in [-0.1, -0.05) is 5.16 Å². The van der Waals surface area contributed by atoms with Crippen molar-refractivity contribution in [3.05, 3.63) is 0 Å². The van der Waals surface area contributed by atoms with Gasteiger partial charge in [-0.25, -0.2) is 0 Å². The Morgan fingerprint density at radius 3 is 2.64 bits per heavy atom. The average molecular weight is 191 g/mol. The quantitative estimate of drug-likeness (QED) is 0.463. The van der Waals surface area contributed by atoms with Crippen molar-refractivity contribution in [2.75, 3.05) is 0 Å². The normalized spacial score (nSPS) is 61.3. The highest BCUT2D eigenvalue weighted by Gasteiger charge is 2.64. The molecular weight excluding hydrogens is 174 g/mol. The summed E-state index contributed by atoms with van der Waals surface area (Å²) in [5.41, 5.74) is 1.60. The lowest BCUT2D eigenvalue weighted by Gasteiger charge is -2.35. The van der Waals surface area contributed by atoms with Crippen LogP contribution in [-0.4, -0.2) is 10.9 Å². The predicted molar refractivity (Wildman–Crippen MR) is 53.3 cm³/mol. The van der Waals surface area contributed by atoms with Crippen LogP contribution in [-0.2, 0) is 0 Å². The van der Waals surface area contributed by atoms with Gasteiger partial charge in [-0.05, 0) is 56.3 Å². The van der Waals surface area contributed by atoms with E-state index in [1.165, 1.54) is 44.2 Å². The maximum absolute atomic E-state index is 9.20. The molecule has 2 nitrogen and oxygen atoms in total. The molecule has 0 amide bonds. The van der Waals surface area contributed by atoms with Crippen LogP contribution in [0, 0.1) is 29.1 Å². The molecule has 4 saturated carbocycles. The summed E-state index contributed by atoms with van der Waals surface area (Å²) in [7, 11) is 0. The fourth-order valence-electron chi connectivity index (χ4n) is 4.90. The molecule has 0 aromatic rings. The van der Waals surface area contributed by atoms with E-state index in [0.717, 1.165) is 17.8 Å². The first-order chi connectivity index (χ1) is 6.83. The highest BCUT2D eigenvalue weighted by molar-refractivity contribution is 5.95. The molecular formula is C12H17NO. The van der Waals surface area contributed by atoms with Crippen molar-refractivity contribution in [2.45, 2.75) is 38.5 Å². The molecule has 2 bridgehead atoms. The van der Waals surface area contributed by atoms with Crippen LogP contribution >= 0.6 is 0 Å². The predicted octanol–water partition coefficient (Wildman–Crippen LogP) is 2.66. The zero-order valence-electron chi connectivity index (χ0n) is 8.45. The van der Waals surface area contributed by atoms with E-state index in [1.54, 1.807) is 0 Å². The van der Waals surface area contributed by atoms with E-state index in [9.17, 15) is 5.21 Å². The molecule has 0 aliphatic heterocycles. The molecule has 1 spiro atoms. The van der Waals surface area contributed by atoms with Gasteiger partial charge in [0.2, 0.25) is 0 Å². The molecule has 3 unspecified atom stereocenters. The van der Waals surface area contributed by atoms with E-state index < -0.39 is 0 Å². The highest BCUT2D eigenvalue weighted by Crippen LogP contribution is 2.69. The lowest BCUT2D eigenvalue weighted by molar-refractivity contribution is 0.238. The van der Waals surface area contributed by atoms with Crippen LogP contribution in [0.25, 0.3) is 0 Å². The summed E-state index contributed by atoms with van der Waals surface area (Å²) in [6.07, 6.45) is 8.22. The zero-order valence-corrected chi connectivity index (χ0v) is 8.45. The molecule has 76 valence electrons. The molecule has 4 rings (SSSR count). The third-order valence-corrected chi connectivity index (χ3v) is 5.54. The number of hydrogen-bond donors (Lipinski definition) is 1. The maximum Gasteiger partial charge on any atom is 0.0666 e. The molecule has 0 heterocycles. The smallest absolute Gasteiger partial charge is 0.0666 e. The first kappa shape index (κ1) is 7.72. The number of hydrogen-bond acceptors (Lipinski definition) is 2. The van der Waals surface area contributed by atoms with Gasteiger partial charge in [0.1, 0.15) is 0 Å². The molecule has 4 fully saturated rings. The Bertz CT molecular complexity index is 312. The molecule has 2 heteroatoms. The van der Waals surface area contributed by atoms with Crippen LogP contribution in [0.2, 0.25) is 0 Å². The molecule has 0 radical (unpaired) electrons. The van der Waals surface area contributed by atoms with Gasteiger partial charge >= 0.3 is 0 Å². The Balaban J connectivity index is 1.77. The molecule has 4 aliphatic carbocycles. The third kappa shape index (κ3) is 0.697. The Morgan fingerprint density at radius 2 is 1.93 bits per heavy atom. The van der Waals surface area contributed by atoms with Gasteiger partial charge in [-0.3, -0.25) is 0 Å². The molecule has 0 aromatic heterocycles. The standard InChI is InChI=1S/C12H17NO/c14-13-11-7-1-2-10(4-7)12(11)5-8-3-9(8)6-12/h7-10,14H,1-6H2/b13-11-/t7?,8?,9?,10-,12?/m0/s1. The monoisotopic (exact) mass is 191 g/mol. The number of oxime groups is 1. The number of rotatable bonds is 0. The van der Waals surface area contributed by atoms with E-state index in [4.69, 9.17) is 0 Å². The number of fused-ring (bicyclic) bond motifs is 4. The Labute approximate surface area is 84.4 Å². The van der Waals surface area contributed by atoms with Crippen LogP contribution in [0.5, 0.6) is 0 Å². The lowest BCUT2D eigenvalue weighted by atomic mass is 9.68. The minimum absolute atomic E-state index is 0.394. The molecule has 14 heavy (non-hydrogen) atoms. The summed E-state index contributed by atoms with van der Waals surface area (Å²) >= 11 is 0. The summed E-state index contributed by atoms with van der Waals surface area (Å²) in [5, 5.41) is 12.9. The second-order valence-corrected chi connectivity index (χ2v) is 6.01. The first-order valence-electron chi connectivity index (χ1n) is 6.06. The summed E-state index contributed by atoms with van der Waals surface area (Å²) in [5.74, 6) is 3.55. The second kappa shape index (κ2) is 2.17. The molecule has 0 aromatic carbocycles. The lowest BCUT2D eigenvalue weighted by Crippen LogP contribution is -2.35. The van der Waals surface area contributed by atoms with Gasteiger partial charge in [0.15, 0.2) is 0 Å². The molecule has 4 aliphatic rings. The van der Waals surface area contributed by atoms with Crippen LogP contribution in [0.15, 0.2) is 5.16 Å². The average Bonchev–Trinajstić information content (AvgIpc) is 2.65. The van der Waals surface area contributed by atoms with Crippen LogP contribution in [0.4, 0.5) is 0 Å². The van der Waals surface area contributed by atoms with Crippen LogP contribution in [0.1, 0.15) is 38.5 Å². The van der Waals surface area contributed by atoms with Crippen molar-refractivity contribution >= 4 is 5.71 Å². The third-order valence-electron chi connectivity index (χ3n) is 5.54. The summed E-state index contributed by atoms with van der Waals surface area (Å²) in [6, 6.07) is 0. The van der Waals surface area contributed by atoms with Crippen molar-refractivity contribution in [2.24, 2.45) is 34.2 Å². The minimum Gasteiger partial charge on any atom is -0.411 e. The van der Waals surface area contributed by atoms with Gasteiger partial charge in [0.05, 0.1) is 5.71 Å². The van der Waals surface area contributed by atoms with Crippen molar-refractivity contribution < 1.29 is 5.21 Å². The van der Waals surface area contributed by atoms with Crippen LogP contribution < -0.4 is 0 Å². The summed E-state index contributed by atoms with van der Waals surface area (Å²) < 4.78 is 0. The van der Waals surface area contributed by atoms with E-state index >= 15 is 0 Å². The van der Waals surface area contributed by atoms with Crippen molar-refractivity contribution in [3.8, 4) is 0 Å². The Hall–Kier alpha value is -0.530. The highest BCUT2D eigenvalue weighted by atomic mass is 16.4. The van der Waals surface area contributed by atoms with Gasteiger partial charge in [0.25, 0.3) is 0 Å². The van der Waals surface area contributed by atoms with Crippen molar-refractivity contribution in [1.82, 2.24) is 0 Å². The Kier molecular flexibility index (Phi) is 1.20. The molecule has 4 atom stereocenters. The van der Waals surface area contributed by atoms with E-state index in [2.05, 4.69) is 5.16 Å². The summed E-state index contributed by atoms with van der Waals surface area (Å²) in [4.78, 5) is 0. The van der Waals surface area contributed by atoms with Gasteiger partial charge in [0, 0.05) is 11.3 Å². The Morgan fingerprint density at radius 1 is 1.14 bits per heavy atom. The summed E-state index contributed by atoms with van der Waals surface area (Å²) in [6.45, 7) is 0. The fraction of sp³-hybridized carbons (Fsp3) is 0.917. The van der Waals surface area contributed by atoms with E-state index in [0.29, 0.717) is 11.3 Å². The van der Waals surface area contributed by atoms with E-state index in [-0.39, 0.29) is 0 Å². The SMILES string of the molecule is O/N=C1/C2CC[C@@H](C2)C12CC1CC1C2. The molecule has 1 N–H and O–H groups in total. The topological polar surface area (TPSA) is 32.6 Å². The van der Waals surface area contributed by atoms with E-state index in [1.807, 2.05) is 0 Å². The molecule has 0 saturated heterocycles. The minimum atomic E-state index is 0.394. The fourth-order valence-corrected chi connectivity index (χ4v) is 4.90. The van der Waals surface area contributed by atoms with Crippen LogP contribution in [0.3, 0.4) is 0 Å². The zero-order chi connectivity index (χ0) is 9.34. The first-order valence-corrected chi connectivity index (χ1v) is 6.06. The van der Waals surface area contributed by atoms with Gasteiger partial charge in [-0.2, -0.15) is 0 Å².